The molecule has 0 aliphatic carbocycles. The number of imide groups is 1. The van der Waals surface area contributed by atoms with Crippen molar-refractivity contribution in [1.29, 1.82) is 0 Å². The Morgan fingerprint density at radius 1 is 0.818 bits per heavy atom. The quantitative estimate of drug-likeness (QED) is 0.430. The number of rotatable bonds is 3. The van der Waals surface area contributed by atoms with Crippen LogP contribution >= 0.6 is 15.9 Å². The smallest absolute Gasteiger partial charge is 0.273 e. The monoisotopic (exact) mass is 516 g/mol. The number of carbonyl (C=O) groups excluding carboxylic acids is 2. The minimum Gasteiger partial charge on any atom is -0.273 e. The van der Waals surface area contributed by atoms with Gasteiger partial charge in [0.2, 0.25) is 5.91 Å². The molecule has 2 amide bonds. The molecule has 2 aliphatic rings. The van der Waals surface area contributed by atoms with Gasteiger partial charge in [-0.05, 0) is 48.0 Å². The van der Waals surface area contributed by atoms with Gasteiger partial charge >= 0.3 is 6.18 Å². The number of benzene rings is 3. The first-order valence-corrected chi connectivity index (χ1v) is 10.9. The topological polar surface area (TPSA) is 49.9 Å². The van der Waals surface area contributed by atoms with Crippen LogP contribution < -0.4 is 9.96 Å². The molecule has 2 fully saturated rings. The molecule has 168 valence electrons. The van der Waals surface area contributed by atoms with E-state index in [1.807, 2.05) is 42.5 Å². The van der Waals surface area contributed by atoms with E-state index in [1.54, 1.807) is 12.1 Å². The summed E-state index contributed by atoms with van der Waals surface area (Å²) in [6.07, 6.45) is -5.76. The third-order valence-corrected chi connectivity index (χ3v) is 6.24. The predicted molar refractivity (Wildman–Crippen MR) is 118 cm³/mol. The van der Waals surface area contributed by atoms with Crippen molar-refractivity contribution in [2.45, 2.75) is 18.3 Å². The van der Waals surface area contributed by atoms with Gasteiger partial charge in [0, 0.05) is 4.47 Å². The number of nitrogens with zero attached hydrogens (tertiary/aromatic N) is 2. The maximum Gasteiger partial charge on any atom is 0.416 e. The van der Waals surface area contributed by atoms with Gasteiger partial charge in [-0.25, -0.2) is 9.96 Å². The minimum atomic E-state index is -4.60. The Bertz CT molecular complexity index is 1230. The normalized spacial score (nSPS) is 22.7. The minimum absolute atomic E-state index is 0.128. The van der Waals surface area contributed by atoms with E-state index in [1.165, 1.54) is 17.2 Å². The van der Waals surface area contributed by atoms with Gasteiger partial charge in [-0.2, -0.15) is 13.2 Å². The molecule has 0 unspecified atom stereocenters. The van der Waals surface area contributed by atoms with Crippen molar-refractivity contribution in [3.63, 3.8) is 0 Å². The standard InChI is InChI=1S/C24H16BrF3N2O3/c25-16-8-4-6-14(12-16)20-19-21(33-30(20)17-9-2-1-3-10-17)23(32)29(22(19)31)18-11-5-7-15(13-18)24(26,27)28/h1-13,19-21H/t19-,20+,21+/m0/s1. The molecule has 2 heterocycles. The lowest BCUT2D eigenvalue weighted by Crippen LogP contribution is -2.37. The van der Waals surface area contributed by atoms with Gasteiger partial charge in [0.25, 0.3) is 5.91 Å². The molecule has 3 aromatic carbocycles. The maximum absolute atomic E-state index is 13.5. The molecule has 2 saturated heterocycles. The molecular formula is C24H16BrF3N2O3. The number of para-hydroxylation sites is 1. The van der Waals surface area contributed by atoms with E-state index in [0.29, 0.717) is 5.69 Å². The van der Waals surface area contributed by atoms with Gasteiger partial charge in [-0.1, -0.05) is 52.3 Å². The van der Waals surface area contributed by atoms with E-state index in [4.69, 9.17) is 4.84 Å². The van der Waals surface area contributed by atoms with Crippen LogP contribution in [0.4, 0.5) is 24.5 Å². The predicted octanol–water partition coefficient (Wildman–Crippen LogP) is 5.52. The second-order valence-electron chi connectivity index (χ2n) is 7.77. The van der Waals surface area contributed by atoms with Gasteiger partial charge in [0.1, 0.15) is 5.92 Å². The van der Waals surface area contributed by atoms with Gasteiger partial charge in [-0.15, -0.1) is 0 Å². The summed E-state index contributed by atoms with van der Waals surface area (Å²) in [7, 11) is 0. The summed E-state index contributed by atoms with van der Waals surface area (Å²) in [6, 6.07) is 19.9. The lowest BCUT2D eigenvalue weighted by atomic mass is 9.90. The summed E-state index contributed by atoms with van der Waals surface area (Å²) >= 11 is 3.43. The number of alkyl halides is 3. The Morgan fingerprint density at radius 3 is 2.21 bits per heavy atom. The highest BCUT2D eigenvalue weighted by Gasteiger charge is 2.60. The molecule has 2 aliphatic heterocycles. The van der Waals surface area contributed by atoms with Crippen LogP contribution in [-0.4, -0.2) is 17.9 Å². The van der Waals surface area contributed by atoms with Crippen LogP contribution in [0, 0.1) is 5.92 Å². The van der Waals surface area contributed by atoms with Crippen molar-refractivity contribution < 1.29 is 27.6 Å². The molecule has 3 atom stereocenters. The van der Waals surface area contributed by atoms with Crippen molar-refractivity contribution in [3.8, 4) is 0 Å². The van der Waals surface area contributed by atoms with Crippen molar-refractivity contribution in [3.05, 3.63) is 94.5 Å². The Labute approximate surface area is 195 Å². The third kappa shape index (κ3) is 3.71. The number of hydrogen-bond donors (Lipinski definition) is 0. The number of anilines is 2. The summed E-state index contributed by atoms with van der Waals surface area (Å²) in [5.74, 6) is -2.22. The molecule has 33 heavy (non-hydrogen) atoms. The van der Waals surface area contributed by atoms with E-state index >= 15 is 0 Å². The zero-order valence-corrected chi connectivity index (χ0v) is 18.5. The SMILES string of the molecule is O=C1[C@H]2[C@@H](c3cccc(Br)c3)N(c3ccccc3)O[C@H]2C(=O)N1c1cccc(C(F)(F)F)c1. The highest BCUT2D eigenvalue weighted by atomic mass is 79.9. The second kappa shape index (κ2) is 8.00. The number of halogens is 4. The Balaban J connectivity index is 1.58. The first kappa shape index (κ1) is 21.7. The largest absolute Gasteiger partial charge is 0.416 e. The number of amides is 2. The van der Waals surface area contributed by atoms with E-state index < -0.39 is 41.6 Å². The van der Waals surface area contributed by atoms with Gasteiger partial charge in [0.05, 0.1) is 23.0 Å². The summed E-state index contributed by atoms with van der Waals surface area (Å²) in [5, 5.41) is 1.54. The van der Waals surface area contributed by atoms with E-state index in [9.17, 15) is 22.8 Å². The summed E-state index contributed by atoms with van der Waals surface area (Å²) in [4.78, 5) is 33.5. The number of hydrogen-bond acceptors (Lipinski definition) is 4. The molecule has 0 N–H and O–H groups in total. The molecule has 0 radical (unpaired) electrons. The average Bonchev–Trinajstić information content (AvgIpc) is 3.30. The van der Waals surface area contributed by atoms with E-state index in [2.05, 4.69) is 15.9 Å². The number of fused-ring (bicyclic) bond motifs is 1. The summed E-state index contributed by atoms with van der Waals surface area (Å²) < 4.78 is 40.4. The molecule has 5 rings (SSSR count). The number of carbonyl (C=O) groups is 2. The average molecular weight is 517 g/mol. The summed E-state index contributed by atoms with van der Waals surface area (Å²) in [5.41, 5.74) is 0.320. The fourth-order valence-electron chi connectivity index (χ4n) is 4.32. The van der Waals surface area contributed by atoms with Crippen LogP contribution in [-0.2, 0) is 20.6 Å². The van der Waals surface area contributed by atoms with E-state index in [-0.39, 0.29) is 5.69 Å². The van der Waals surface area contributed by atoms with Crippen LogP contribution in [0.5, 0.6) is 0 Å². The number of hydroxylamine groups is 1. The van der Waals surface area contributed by atoms with E-state index in [0.717, 1.165) is 27.1 Å². The second-order valence-corrected chi connectivity index (χ2v) is 8.69. The molecule has 5 nitrogen and oxygen atoms in total. The van der Waals surface area contributed by atoms with Crippen molar-refractivity contribution in [2.75, 3.05) is 9.96 Å². The Kier molecular flexibility index (Phi) is 5.25. The molecule has 3 aromatic rings. The Morgan fingerprint density at radius 2 is 1.52 bits per heavy atom. The molecule has 9 heteroatoms. The van der Waals surface area contributed by atoms with Crippen molar-refractivity contribution in [1.82, 2.24) is 0 Å². The highest BCUT2D eigenvalue weighted by Crippen LogP contribution is 2.48. The lowest BCUT2D eigenvalue weighted by molar-refractivity contribution is -0.137. The summed E-state index contributed by atoms with van der Waals surface area (Å²) in [6.45, 7) is 0. The van der Waals surface area contributed by atoms with Crippen LogP contribution in [0.3, 0.4) is 0 Å². The zero-order valence-electron chi connectivity index (χ0n) is 16.9. The first-order chi connectivity index (χ1) is 15.8. The molecular weight excluding hydrogens is 501 g/mol. The molecule has 0 aromatic heterocycles. The molecule has 0 spiro atoms. The Hall–Kier alpha value is -3.17. The maximum atomic E-state index is 13.5. The molecule has 0 bridgehead atoms. The van der Waals surface area contributed by atoms with Crippen molar-refractivity contribution in [2.24, 2.45) is 5.92 Å². The zero-order chi connectivity index (χ0) is 23.3. The fraction of sp³-hybridized carbons (Fsp3) is 0.167. The van der Waals surface area contributed by atoms with Crippen LogP contribution in [0.15, 0.2) is 83.3 Å². The highest BCUT2D eigenvalue weighted by molar-refractivity contribution is 9.10. The third-order valence-electron chi connectivity index (χ3n) is 5.75. The fourth-order valence-corrected chi connectivity index (χ4v) is 4.74. The van der Waals surface area contributed by atoms with Gasteiger partial charge in [0.15, 0.2) is 6.10 Å². The molecule has 0 saturated carbocycles. The van der Waals surface area contributed by atoms with Crippen LogP contribution in [0.1, 0.15) is 17.2 Å². The van der Waals surface area contributed by atoms with Crippen LogP contribution in [0.25, 0.3) is 0 Å². The van der Waals surface area contributed by atoms with Gasteiger partial charge < -0.3 is 0 Å². The lowest BCUT2D eigenvalue weighted by Gasteiger charge is -2.29. The van der Waals surface area contributed by atoms with Crippen LogP contribution in [0.2, 0.25) is 0 Å². The first-order valence-electron chi connectivity index (χ1n) is 10.1. The van der Waals surface area contributed by atoms with Gasteiger partial charge in [-0.3, -0.25) is 14.4 Å². The van der Waals surface area contributed by atoms with Crippen molar-refractivity contribution >= 4 is 39.1 Å².